The number of rotatable bonds is 4. The van der Waals surface area contributed by atoms with E-state index in [0.717, 1.165) is 31.0 Å². The Labute approximate surface area is 144 Å². The SMILES string of the molecule is C[C@@H](OC(=O)c1ccc(N2CCOCC2)nc1)c1ccc(F)cc1F. The van der Waals surface area contributed by atoms with E-state index in [9.17, 15) is 13.6 Å². The van der Waals surface area contributed by atoms with Crippen molar-refractivity contribution in [2.45, 2.75) is 13.0 Å². The van der Waals surface area contributed by atoms with Gasteiger partial charge in [0.1, 0.15) is 23.6 Å². The lowest BCUT2D eigenvalue weighted by Crippen LogP contribution is -2.36. The molecule has 25 heavy (non-hydrogen) atoms. The number of carbonyl (C=O) groups excluding carboxylic acids is 1. The summed E-state index contributed by atoms with van der Waals surface area (Å²) in [5, 5.41) is 0. The van der Waals surface area contributed by atoms with Gasteiger partial charge in [0.05, 0.1) is 18.8 Å². The number of esters is 1. The molecule has 0 radical (unpaired) electrons. The molecule has 1 fully saturated rings. The molecule has 1 atom stereocenters. The Morgan fingerprint density at radius 2 is 2.00 bits per heavy atom. The van der Waals surface area contributed by atoms with E-state index in [1.54, 1.807) is 12.1 Å². The van der Waals surface area contributed by atoms with Crippen molar-refractivity contribution in [3.63, 3.8) is 0 Å². The Bertz CT molecular complexity index is 746. The highest BCUT2D eigenvalue weighted by Gasteiger charge is 2.18. The van der Waals surface area contributed by atoms with Gasteiger partial charge in [-0.2, -0.15) is 0 Å². The highest BCUT2D eigenvalue weighted by Crippen LogP contribution is 2.22. The van der Waals surface area contributed by atoms with Gasteiger partial charge in [-0.25, -0.2) is 18.6 Å². The Morgan fingerprint density at radius 1 is 1.24 bits per heavy atom. The summed E-state index contributed by atoms with van der Waals surface area (Å²) in [6.45, 7) is 4.32. The summed E-state index contributed by atoms with van der Waals surface area (Å²) in [4.78, 5) is 18.5. The first kappa shape index (κ1) is 17.3. The maximum atomic E-state index is 13.8. The highest BCUT2D eigenvalue weighted by molar-refractivity contribution is 5.89. The number of hydrogen-bond donors (Lipinski definition) is 0. The summed E-state index contributed by atoms with van der Waals surface area (Å²) in [5.41, 5.74) is 0.388. The average molecular weight is 348 g/mol. The van der Waals surface area contributed by atoms with Crippen molar-refractivity contribution in [3.05, 3.63) is 59.3 Å². The molecule has 0 unspecified atom stereocenters. The number of hydrogen-bond acceptors (Lipinski definition) is 5. The molecule has 132 valence electrons. The van der Waals surface area contributed by atoms with E-state index >= 15 is 0 Å². The Kier molecular flexibility index (Phi) is 5.23. The van der Waals surface area contributed by atoms with Crippen LogP contribution in [0.25, 0.3) is 0 Å². The minimum Gasteiger partial charge on any atom is -0.454 e. The van der Waals surface area contributed by atoms with E-state index in [0.29, 0.717) is 13.2 Å². The number of aromatic nitrogens is 1. The summed E-state index contributed by atoms with van der Waals surface area (Å²) in [7, 11) is 0. The Balaban J connectivity index is 1.66. The van der Waals surface area contributed by atoms with Crippen molar-refractivity contribution < 1.29 is 23.0 Å². The zero-order valence-electron chi connectivity index (χ0n) is 13.7. The number of ether oxygens (including phenoxy) is 2. The van der Waals surface area contributed by atoms with Crippen molar-refractivity contribution in [1.29, 1.82) is 0 Å². The van der Waals surface area contributed by atoms with Crippen LogP contribution in [0.15, 0.2) is 36.5 Å². The van der Waals surface area contributed by atoms with Gasteiger partial charge < -0.3 is 14.4 Å². The lowest BCUT2D eigenvalue weighted by Gasteiger charge is -2.27. The van der Waals surface area contributed by atoms with Crippen molar-refractivity contribution in [1.82, 2.24) is 4.98 Å². The van der Waals surface area contributed by atoms with E-state index < -0.39 is 23.7 Å². The zero-order chi connectivity index (χ0) is 17.8. The van der Waals surface area contributed by atoms with Crippen LogP contribution in [0.1, 0.15) is 28.9 Å². The van der Waals surface area contributed by atoms with E-state index in [4.69, 9.17) is 9.47 Å². The van der Waals surface area contributed by atoms with Crippen LogP contribution in [0.4, 0.5) is 14.6 Å². The van der Waals surface area contributed by atoms with E-state index in [-0.39, 0.29) is 11.1 Å². The highest BCUT2D eigenvalue weighted by atomic mass is 19.1. The third-order valence-electron chi connectivity index (χ3n) is 4.00. The fourth-order valence-corrected chi connectivity index (χ4v) is 2.61. The smallest absolute Gasteiger partial charge is 0.340 e. The number of anilines is 1. The van der Waals surface area contributed by atoms with Gasteiger partial charge in [0.15, 0.2) is 0 Å². The van der Waals surface area contributed by atoms with Crippen LogP contribution in [0, 0.1) is 11.6 Å². The number of benzene rings is 1. The summed E-state index contributed by atoms with van der Waals surface area (Å²) >= 11 is 0. The number of morpholine rings is 1. The molecule has 1 aliphatic heterocycles. The van der Waals surface area contributed by atoms with Crippen molar-refractivity contribution in [2.24, 2.45) is 0 Å². The normalized spacial score (nSPS) is 15.7. The molecule has 5 nitrogen and oxygen atoms in total. The minimum atomic E-state index is -0.841. The largest absolute Gasteiger partial charge is 0.454 e. The predicted octanol–water partition coefficient (Wildman–Crippen LogP) is 3.11. The standard InChI is InChI=1S/C18H18F2N2O3/c1-12(15-4-3-14(19)10-16(15)20)25-18(23)13-2-5-17(21-11-13)22-6-8-24-9-7-22/h2-5,10-12H,6-9H2,1H3/t12-/m1/s1. The second-order valence-electron chi connectivity index (χ2n) is 5.72. The predicted molar refractivity (Wildman–Crippen MR) is 87.5 cm³/mol. The number of pyridine rings is 1. The lowest BCUT2D eigenvalue weighted by molar-refractivity contribution is 0.0330. The van der Waals surface area contributed by atoms with Crippen LogP contribution in [0.3, 0.4) is 0 Å². The molecule has 0 saturated carbocycles. The number of halogens is 2. The van der Waals surface area contributed by atoms with Crippen LogP contribution in [-0.2, 0) is 9.47 Å². The van der Waals surface area contributed by atoms with Gasteiger partial charge in [0, 0.05) is 30.9 Å². The molecular formula is C18H18F2N2O3. The lowest BCUT2D eigenvalue weighted by atomic mass is 10.1. The second kappa shape index (κ2) is 7.57. The van der Waals surface area contributed by atoms with Crippen LogP contribution in [0.5, 0.6) is 0 Å². The van der Waals surface area contributed by atoms with Gasteiger partial charge in [-0.3, -0.25) is 0 Å². The Morgan fingerprint density at radius 3 is 2.64 bits per heavy atom. The summed E-state index contributed by atoms with van der Waals surface area (Å²) in [6, 6.07) is 6.51. The maximum Gasteiger partial charge on any atom is 0.340 e. The average Bonchev–Trinajstić information content (AvgIpc) is 2.62. The summed E-state index contributed by atoms with van der Waals surface area (Å²) < 4.78 is 37.3. The molecule has 0 bridgehead atoms. The first-order chi connectivity index (χ1) is 12.0. The van der Waals surface area contributed by atoms with Crippen LogP contribution < -0.4 is 4.90 Å². The third-order valence-corrected chi connectivity index (χ3v) is 4.00. The van der Waals surface area contributed by atoms with Crippen molar-refractivity contribution in [2.75, 3.05) is 31.2 Å². The van der Waals surface area contributed by atoms with E-state index in [1.807, 2.05) is 0 Å². The van der Waals surface area contributed by atoms with Gasteiger partial charge in [0.2, 0.25) is 0 Å². The van der Waals surface area contributed by atoms with Gasteiger partial charge in [-0.15, -0.1) is 0 Å². The van der Waals surface area contributed by atoms with Crippen LogP contribution in [0.2, 0.25) is 0 Å². The molecule has 1 aliphatic rings. The minimum absolute atomic E-state index is 0.118. The quantitative estimate of drug-likeness (QED) is 0.795. The van der Waals surface area contributed by atoms with Gasteiger partial charge in [-0.1, -0.05) is 0 Å². The third kappa shape index (κ3) is 4.11. The fourth-order valence-electron chi connectivity index (χ4n) is 2.61. The van der Waals surface area contributed by atoms with E-state index in [1.165, 1.54) is 19.2 Å². The topological polar surface area (TPSA) is 51.7 Å². The monoisotopic (exact) mass is 348 g/mol. The maximum absolute atomic E-state index is 13.8. The molecule has 0 amide bonds. The summed E-state index contributed by atoms with van der Waals surface area (Å²) in [6.07, 6.45) is 0.591. The first-order valence-electron chi connectivity index (χ1n) is 7.99. The van der Waals surface area contributed by atoms with Crippen LogP contribution in [-0.4, -0.2) is 37.3 Å². The molecule has 3 rings (SSSR count). The second-order valence-corrected chi connectivity index (χ2v) is 5.72. The van der Waals surface area contributed by atoms with Crippen molar-refractivity contribution >= 4 is 11.8 Å². The molecule has 1 aromatic carbocycles. The summed E-state index contributed by atoms with van der Waals surface area (Å²) in [5.74, 6) is -1.28. The van der Waals surface area contributed by atoms with Crippen LogP contribution >= 0.6 is 0 Å². The zero-order valence-corrected chi connectivity index (χ0v) is 13.7. The van der Waals surface area contributed by atoms with Crippen molar-refractivity contribution in [3.8, 4) is 0 Å². The Hall–Kier alpha value is -2.54. The molecule has 0 spiro atoms. The van der Waals surface area contributed by atoms with Gasteiger partial charge in [0.25, 0.3) is 0 Å². The molecule has 2 aromatic rings. The van der Waals surface area contributed by atoms with E-state index in [2.05, 4.69) is 9.88 Å². The molecule has 0 N–H and O–H groups in total. The number of carbonyl (C=O) groups is 1. The first-order valence-corrected chi connectivity index (χ1v) is 7.99. The van der Waals surface area contributed by atoms with Gasteiger partial charge in [-0.05, 0) is 31.2 Å². The molecule has 0 aliphatic carbocycles. The molecule has 1 aromatic heterocycles. The number of nitrogens with zero attached hydrogens (tertiary/aromatic N) is 2. The molecule has 1 saturated heterocycles. The molecule has 7 heteroatoms. The molecule has 2 heterocycles. The molecular weight excluding hydrogens is 330 g/mol. The van der Waals surface area contributed by atoms with Gasteiger partial charge >= 0.3 is 5.97 Å². The fraction of sp³-hybridized carbons (Fsp3) is 0.333.